The first-order valence-electron chi connectivity index (χ1n) is 9.94. The zero-order valence-corrected chi connectivity index (χ0v) is 19.8. The van der Waals surface area contributed by atoms with E-state index in [1.165, 1.54) is 12.1 Å². The number of hydrogen-bond acceptors (Lipinski definition) is 6. The number of non-ortho nitro benzene ring substituents is 1. The lowest BCUT2D eigenvalue weighted by molar-refractivity contribution is -0.393. The predicted octanol–water partition coefficient (Wildman–Crippen LogP) is 6.72. The summed E-state index contributed by atoms with van der Waals surface area (Å²) in [5.41, 5.74) is 7.55. The molecule has 0 aromatic heterocycles. The van der Waals surface area contributed by atoms with Crippen LogP contribution in [-0.4, -0.2) is 15.6 Å². The van der Waals surface area contributed by atoms with Gasteiger partial charge in [-0.05, 0) is 61.7 Å². The molecule has 0 atom stereocenters. The number of nitrogens with zero attached hydrogens (tertiary/aromatic N) is 3. The molecule has 168 valence electrons. The third-order valence-electron chi connectivity index (χ3n) is 4.92. The first kappa shape index (κ1) is 23.8. The highest BCUT2D eigenvalue weighted by atomic mass is 79.9. The molecule has 0 aliphatic rings. The van der Waals surface area contributed by atoms with E-state index in [1.807, 2.05) is 69.3 Å². The second-order valence-corrected chi connectivity index (χ2v) is 8.40. The Labute approximate surface area is 199 Å². The van der Waals surface area contributed by atoms with Crippen LogP contribution in [0, 0.1) is 41.0 Å². The first-order chi connectivity index (χ1) is 15.7. The van der Waals surface area contributed by atoms with Crippen LogP contribution in [0.3, 0.4) is 0 Å². The minimum Gasteiger partial charge on any atom is -0.271 e. The maximum Gasteiger partial charge on any atom is 0.301 e. The highest BCUT2D eigenvalue weighted by Gasteiger charge is 2.19. The van der Waals surface area contributed by atoms with Crippen LogP contribution in [0.15, 0.2) is 70.2 Å². The molecule has 0 fully saturated rings. The monoisotopic (exact) mass is 508 g/mol. The van der Waals surface area contributed by atoms with E-state index >= 15 is 0 Å². The quantitative estimate of drug-likeness (QED) is 0.216. The fourth-order valence-electron chi connectivity index (χ4n) is 3.51. The third kappa shape index (κ3) is 5.89. The molecule has 8 nitrogen and oxygen atoms in total. The van der Waals surface area contributed by atoms with Crippen molar-refractivity contribution < 1.29 is 9.85 Å². The van der Waals surface area contributed by atoms with Crippen molar-refractivity contribution in [1.82, 2.24) is 0 Å². The third-order valence-corrected chi connectivity index (χ3v) is 5.45. The molecule has 3 aromatic rings. The number of allylic oxidation sites excluding steroid dienone is 1. The Morgan fingerprint density at radius 1 is 0.939 bits per heavy atom. The van der Waals surface area contributed by atoms with Crippen LogP contribution in [0.1, 0.15) is 27.8 Å². The molecule has 3 aromatic carbocycles. The van der Waals surface area contributed by atoms with Gasteiger partial charge < -0.3 is 0 Å². The van der Waals surface area contributed by atoms with Gasteiger partial charge in [0.05, 0.1) is 21.6 Å². The fraction of sp³-hybridized carbons (Fsp3) is 0.125. The van der Waals surface area contributed by atoms with E-state index in [9.17, 15) is 20.2 Å². The molecule has 0 amide bonds. The summed E-state index contributed by atoms with van der Waals surface area (Å²) in [5, 5.41) is 26.9. The average Bonchev–Trinajstić information content (AvgIpc) is 2.75. The maximum atomic E-state index is 11.5. The van der Waals surface area contributed by atoms with Gasteiger partial charge in [-0.1, -0.05) is 51.8 Å². The Balaban J connectivity index is 2.07. The van der Waals surface area contributed by atoms with Crippen LogP contribution in [0.5, 0.6) is 0 Å². The molecule has 0 unspecified atom stereocenters. The topological polar surface area (TPSA) is 111 Å². The van der Waals surface area contributed by atoms with Gasteiger partial charge in [0.2, 0.25) is 0 Å². The molecule has 0 saturated heterocycles. The SMILES string of the molecule is Cc1cc(C)c(C(C=Cc2ccc(Br)cc2)=NNc2ccc([N+](=O)[O-])cc2[N+](=O)[O-])c(C)c1. The molecule has 9 heteroatoms. The standard InChI is InChI=1S/C24H21BrN4O4/c1-15-12-16(2)24(17(3)13-15)22(10-6-18-4-7-19(25)8-5-18)27-26-21-11-9-20(28(30)31)14-23(21)29(32)33/h4-14,26H,1-3H3. The van der Waals surface area contributed by atoms with E-state index in [1.54, 1.807) is 0 Å². The van der Waals surface area contributed by atoms with E-state index in [0.717, 1.165) is 38.4 Å². The van der Waals surface area contributed by atoms with Crippen molar-refractivity contribution in [2.45, 2.75) is 20.8 Å². The second kappa shape index (κ2) is 10.2. The highest BCUT2D eigenvalue weighted by molar-refractivity contribution is 9.10. The zero-order chi connectivity index (χ0) is 24.1. The first-order valence-corrected chi connectivity index (χ1v) is 10.7. The molecule has 0 aliphatic carbocycles. The van der Waals surface area contributed by atoms with E-state index in [2.05, 4.69) is 26.5 Å². The summed E-state index contributed by atoms with van der Waals surface area (Å²) in [6, 6.07) is 15.2. The number of nitro groups is 2. The van der Waals surface area contributed by atoms with E-state index in [-0.39, 0.29) is 11.4 Å². The number of nitro benzene ring substituents is 2. The smallest absolute Gasteiger partial charge is 0.271 e. The summed E-state index contributed by atoms with van der Waals surface area (Å²) in [5.74, 6) is 0. The number of aryl methyl sites for hydroxylation is 3. The molecular weight excluding hydrogens is 488 g/mol. The molecule has 33 heavy (non-hydrogen) atoms. The Morgan fingerprint density at radius 3 is 2.15 bits per heavy atom. The summed E-state index contributed by atoms with van der Waals surface area (Å²) in [4.78, 5) is 21.1. The minimum absolute atomic E-state index is 0.0579. The van der Waals surface area contributed by atoms with Gasteiger partial charge in [-0.2, -0.15) is 5.10 Å². The molecule has 0 radical (unpaired) electrons. The molecular formula is C24H21BrN4O4. The number of halogens is 1. The van der Waals surface area contributed by atoms with Crippen LogP contribution in [0.4, 0.5) is 17.1 Å². The van der Waals surface area contributed by atoms with Crippen LogP contribution in [0.25, 0.3) is 6.08 Å². The van der Waals surface area contributed by atoms with Crippen molar-refractivity contribution >= 4 is 44.8 Å². The van der Waals surface area contributed by atoms with Crippen LogP contribution in [-0.2, 0) is 0 Å². The van der Waals surface area contributed by atoms with Crippen molar-refractivity contribution in [2.24, 2.45) is 5.10 Å². The van der Waals surface area contributed by atoms with Crippen molar-refractivity contribution in [3.05, 3.63) is 113 Å². The Morgan fingerprint density at radius 2 is 1.58 bits per heavy atom. The Bertz CT molecular complexity index is 1260. The van der Waals surface area contributed by atoms with E-state index in [4.69, 9.17) is 0 Å². The number of benzene rings is 3. The van der Waals surface area contributed by atoms with Gasteiger partial charge in [0.25, 0.3) is 5.69 Å². The summed E-state index contributed by atoms with van der Waals surface area (Å²) >= 11 is 3.42. The summed E-state index contributed by atoms with van der Waals surface area (Å²) in [6.45, 7) is 5.97. The van der Waals surface area contributed by atoms with Crippen molar-refractivity contribution in [3.8, 4) is 0 Å². The number of nitrogens with one attached hydrogen (secondary N) is 1. The fourth-order valence-corrected chi connectivity index (χ4v) is 3.77. The highest BCUT2D eigenvalue weighted by Crippen LogP contribution is 2.29. The van der Waals surface area contributed by atoms with Gasteiger partial charge in [0.1, 0.15) is 5.69 Å². The van der Waals surface area contributed by atoms with Gasteiger partial charge >= 0.3 is 5.69 Å². The number of rotatable bonds is 7. The second-order valence-electron chi connectivity index (χ2n) is 7.48. The molecule has 0 heterocycles. The molecule has 1 N–H and O–H groups in total. The van der Waals surface area contributed by atoms with Gasteiger partial charge in [0, 0.05) is 16.1 Å². The lowest BCUT2D eigenvalue weighted by Crippen LogP contribution is -2.07. The molecule has 0 spiro atoms. The van der Waals surface area contributed by atoms with Gasteiger partial charge in [-0.15, -0.1) is 0 Å². The number of hydrogen-bond donors (Lipinski definition) is 1. The number of hydrazone groups is 1. The molecule has 0 aliphatic heterocycles. The Hall–Kier alpha value is -3.85. The zero-order valence-electron chi connectivity index (χ0n) is 18.2. The van der Waals surface area contributed by atoms with Gasteiger partial charge in [-0.3, -0.25) is 25.7 Å². The summed E-state index contributed by atoms with van der Waals surface area (Å²) < 4.78 is 0.964. The van der Waals surface area contributed by atoms with E-state index in [0.29, 0.717) is 5.71 Å². The maximum absolute atomic E-state index is 11.5. The van der Waals surface area contributed by atoms with Crippen molar-refractivity contribution in [1.29, 1.82) is 0 Å². The average molecular weight is 509 g/mol. The Kier molecular flexibility index (Phi) is 7.34. The van der Waals surface area contributed by atoms with Crippen LogP contribution < -0.4 is 5.43 Å². The van der Waals surface area contributed by atoms with Crippen molar-refractivity contribution in [2.75, 3.05) is 5.43 Å². The molecule has 3 rings (SSSR count). The van der Waals surface area contributed by atoms with E-state index < -0.39 is 15.5 Å². The van der Waals surface area contributed by atoms with Crippen LogP contribution >= 0.6 is 15.9 Å². The molecule has 0 bridgehead atoms. The lowest BCUT2D eigenvalue weighted by Gasteiger charge is -2.12. The van der Waals surface area contributed by atoms with Gasteiger partial charge in [-0.25, -0.2) is 0 Å². The largest absolute Gasteiger partial charge is 0.301 e. The summed E-state index contributed by atoms with van der Waals surface area (Å²) in [6.07, 6.45) is 3.73. The minimum atomic E-state index is -0.676. The van der Waals surface area contributed by atoms with Crippen molar-refractivity contribution in [3.63, 3.8) is 0 Å². The number of anilines is 1. The van der Waals surface area contributed by atoms with Gasteiger partial charge in [0.15, 0.2) is 0 Å². The normalized spacial score (nSPS) is 11.6. The predicted molar refractivity (Wildman–Crippen MR) is 134 cm³/mol. The lowest BCUT2D eigenvalue weighted by atomic mass is 9.95. The molecule has 0 saturated carbocycles. The summed E-state index contributed by atoms with van der Waals surface area (Å²) in [7, 11) is 0. The van der Waals surface area contributed by atoms with Crippen LogP contribution in [0.2, 0.25) is 0 Å².